The molecule has 0 atom stereocenters. The highest BCUT2D eigenvalue weighted by Gasteiger charge is 2.11. The van der Waals surface area contributed by atoms with Gasteiger partial charge >= 0.3 is 0 Å². The Labute approximate surface area is 163 Å². The number of hydrogen-bond donors (Lipinski definition) is 1. The Morgan fingerprint density at radius 2 is 1.88 bits per heavy atom. The summed E-state index contributed by atoms with van der Waals surface area (Å²) in [4.78, 5) is 0. The van der Waals surface area contributed by atoms with Gasteiger partial charge in [-0.05, 0) is 54.8 Å². The number of nitrogens with one attached hydrogen (secondary N) is 1. The van der Waals surface area contributed by atoms with Crippen LogP contribution in [0.5, 0.6) is 11.5 Å². The molecule has 0 spiro atoms. The summed E-state index contributed by atoms with van der Waals surface area (Å²) in [7, 11) is 0. The molecule has 1 N–H and O–H groups in total. The summed E-state index contributed by atoms with van der Waals surface area (Å²) in [6.07, 6.45) is 0. The van der Waals surface area contributed by atoms with Crippen molar-refractivity contribution >= 4 is 27.5 Å². The lowest BCUT2D eigenvalue weighted by molar-refractivity contribution is 0.269. The minimum Gasteiger partial charge on any atom is -0.490 e. The summed E-state index contributed by atoms with van der Waals surface area (Å²) < 4.78 is 12.8. The normalized spacial score (nSPS) is 11.0. The Bertz CT molecular complexity index is 691. The molecule has 0 saturated carbocycles. The molecule has 3 nitrogen and oxygen atoms in total. The number of rotatable bonds is 9. The molecule has 5 heteroatoms. The van der Waals surface area contributed by atoms with Crippen LogP contribution in [0.2, 0.25) is 5.02 Å². The molecule has 2 aromatic carbocycles. The molecule has 0 aliphatic rings. The van der Waals surface area contributed by atoms with Gasteiger partial charge in [0.15, 0.2) is 11.5 Å². The van der Waals surface area contributed by atoms with E-state index in [-0.39, 0.29) is 0 Å². The molecule has 0 unspecified atom stereocenters. The first kappa shape index (κ1) is 20.1. The van der Waals surface area contributed by atoms with Crippen molar-refractivity contribution in [2.45, 2.75) is 33.9 Å². The average Bonchev–Trinajstić information content (AvgIpc) is 2.56. The van der Waals surface area contributed by atoms with Crippen LogP contribution in [-0.4, -0.2) is 13.2 Å². The smallest absolute Gasteiger partial charge is 0.162 e. The number of hydrogen-bond acceptors (Lipinski definition) is 3. The van der Waals surface area contributed by atoms with Crippen molar-refractivity contribution in [3.63, 3.8) is 0 Å². The van der Waals surface area contributed by atoms with E-state index in [1.54, 1.807) is 0 Å². The Morgan fingerprint density at radius 1 is 1.12 bits per heavy atom. The van der Waals surface area contributed by atoms with Gasteiger partial charge in [-0.25, -0.2) is 0 Å². The third kappa shape index (κ3) is 6.53. The van der Waals surface area contributed by atoms with E-state index in [0.717, 1.165) is 40.2 Å². The van der Waals surface area contributed by atoms with E-state index < -0.39 is 0 Å². The van der Waals surface area contributed by atoms with Gasteiger partial charge in [0, 0.05) is 16.0 Å². The van der Waals surface area contributed by atoms with Gasteiger partial charge in [-0.2, -0.15) is 0 Å². The molecule has 0 aliphatic carbocycles. The predicted octanol–water partition coefficient (Wildman–Crippen LogP) is 5.83. The summed E-state index contributed by atoms with van der Waals surface area (Å²) >= 11 is 9.67. The first-order valence-corrected chi connectivity index (χ1v) is 9.69. The highest BCUT2D eigenvalue weighted by Crippen LogP contribution is 2.34. The average molecular weight is 427 g/mol. The second-order valence-electron chi connectivity index (χ2n) is 6.27. The van der Waals surface area contributed by atoms with Crippen LogP contribution in [-0.2, 0) is 13.2 Å². The fourth-order valence-electron chi connectivity index (χ4n) is 2.38. The minimum atomic E-state index is 0.442. The SMILES string of the molecule is CCOc1cc(CNCC(C)C)c(Br)cc1OCc1cccc(Cl)c1. The maximum Gasteiger partial charge on any atom is 0.162 e. The zero-order valence-corrected chi connectivity index (χ0v) is 17.3. The van der Waals surface area contributed by atoms with E-state index in [0.29, 0.717) is 24.2 Å². The van der Waals surface area contributed by atoms with Crippen molar-refractivity contribution in [3.8, 4) is 11.5 Å². The van der Waals surface area contributed by atoms with E-state index in [9.17, 15) is 0 Å². The van der Waals surface area contributed by atoms with Gasteiger partial charge in [0.2, 0.25) is 0 Å². The number of ether oxygens (including phenoxy) is 2. The second kappa shape index (κ2) is 10.0. The molecule has 0 saturated heterocycles. The summed E-state index contributed by atoms with van der Waals surface area (Å²) in [5.41, 5.74) is 2.17. The highest BCUT2D eigenvalue weighted by atomic mass is 79.9. The molecule has 0 aromatic heterocycles. The monoisotopic (exact) mass is 425 g/mol. The van der Waals surface area contributed by atoms with E-state index >= 15 is 0 Å². The zero-order chi connectivity index (χ0) is 18.2. The molecule has 0 amide bonds. The maximum atomic E-state index is 6.03. The van der Waals surface area contributed by atoms with Crippen LogP contribution in [0, 0.1) is 5.92 Å². The van der Waals surface area contributed by atoms with Crippen molar-refractivity contribution in [1.82, 2.24) is 5.32 Å². The van der Waals surface area contributed by atoms with Gasteiger partial charge in [0.25, 0.3) is 0 Å². The highest BCUT2D eigenvalue weighted by molar-refractivity contribution is 9.10. The lowest BCUT2D eigenvalue weighted by Gasteiger charge is -2.16. The van der Waals surface area contributed by atoms with Gasteiger partial charge in [-0.3, -0.25) is 0 Å². The molecular formula is C20H25BrClNO2. The molecule has 25 heavy (non-hydrogen) atoms. The summed E-state index contributed by atoms with van der Waals surface area (Å²) in [6.45, 7) is 9.16. The second-order valence-corrected chi connectivity index (χ2v) is 7.56. The molecule has 0 heterocycles. The summed E-state index contributed by atoms with van der Waals surface area (Å²) in [6, 6.07) is 11.7. The lowest BCUT2D eigenvalue weighted by Crippen LogP contribution is -2.19. The van der Waals surface area contributed by atoms with Crippen LogP contribution >= 0.6 is 27.5 Å². The molecule has 2 rings (SSSR count). The molecule has 0 radical (unpaired) electrons. The molecule has 0 aliphatic heterocycles. The summed E-state index contributed by atoms with van der Waals surface area (Å²) in [5, 5.41) is 4.16. The van der Waals surface area contributed by atoms with Crippen LogP contribution in [0.4, 0.5) is 0 Å². The Hall–Kier alpha value is -1.23. The van der Waals surface area contributed by atoms with Crippen molar-refractivity contribution in [2.75, 3.05) is 13.2 Å². The quantitative estimate of drug-likeness (QED) is 0.547. The lowest BCUT2D eigenvalue weighted by atomic mass is 10.1. The van der Waals surface area contributed by atoms with Gasteiger partial charge in [0.1, 0.15) is 6.61 Å². The standard InChI is InChI=1S/C20H25BrClNO2/c1-4-24-19-9-16(12-23-11-14(2)3)18(21)10-20(19)25-13-15-6-5-7-17(22)8-15/h5-10,14,23H,4,11-13H2,1-3H3. The molecular weight excluding hydrogens is 402 g/mol. The first-order valence-electron chi connectivity index (χ1n) is 8.52. The zero-order valence-electron chi connectivity index (χ0n) is 14.9. The van der Waals surface area contributed by atoms with Crippen molar-refractivity contribution in [1.29, 1.82) is 0 Å². The third-order valence-corrected chi connectivity index (χ3v) is 4.54. The minimum absolute atomic E-state index is 0.442. The summed E-state index contributed by atoms with van der Waals surface area (Å²) in [5.74, 6) is 2.10. The Morgan fingerprint density at radius 3 is 2.56 bits per heavy atom. The molecule has 0 fully saturated rings. The first-order chi connectivity index (χ1) is 12.0. The fraction of sp³-hybridized carbons (Fsp3) is 0.400. The number of benzene rings is 2. The Balaban J connectivity index is 2.12. The van der Waals surface area contributed by atoms with Crippen molar-refractivity contribution in [3.05, 3.63) is 57.0 Å². The topological polar surface area (TPSA) is 30.5 Å². The van der Waals surface area contributed by atoms with Crippen molar-refractivity contribution < 1.29 is 9.47 Å². The van der Waals surface area contributed by atoms with Crippen LogP contribution < -0.4 is 14.8 Å². The fourth-order valence-corrected chi connectivity index (χ4v) is 3.05. The Kier molecular flexibility index (Phi) is 8.07. The third-order valence-electron chi connectivity index (χ3n) is 3.56. The predicted molar refractivity (Wildman–Crippen MR) is 108 cm³/mol. The van der Waals surface area contributed by atoms with E-state index in [2.05, 4.69) is 35.1 Å². The molecule has 136 valence electrons. The van der Waals surface area contributed by atoms with Crippen LogP contribution in [0.3, 0.4) is 0 Å². The molecule has 2 aromatic rings. The van der Waals surface area contributed by atoms with Crippen LogP contribution in [0.25, 0.3) is 0 Å². The van der Waals surface area contributed by atoms with Crippen molar-refractivity contribution in [2.24, 2.45) is 5.92 Å². The van der Waals surface area contributed by atoms with E-state index in [1.165, 1.54) is 0 Å². The van der Waals surface area contributed by atoms with Crippen LogP contribution in [0.15, 0.2) is 40.9 Å². The van der Waals surface area contributed by atoms with Gasteiger partial charge in [-0.1, -0.05) is 53.5 Å². The van der Waals surface area contributed by atoms with Gasteiger partial charge in [-0.15, -0.1) is 0 Å². The van der Waals surface area contributed by atoms with Crippen LogP contribution in [0.1, 0.15) is 31.9 Å². The number of halogens is 2. The van der Waals surface area contributed by atoms with E-state index in [1.807, 2.05) is 43.3 Å². The maximum absolute atomic E-state index is 6.03. The molecule has 0 bridgehead atoms. The van der Waals surface area contributed by atoms with Gasteiger partial charge < -0.3 is 14.8 Å². The largest absolute Gasteiger partial charge is 0.490 e. The van der Waals surface area contributed by atoms with Gasteiger partial charge in [0.05, 0.1) is 6.61 Å². The van der Waals surface area contributed by atoms with E-state index in [4.69, 9.17) is 21.1 Å².